The lowest BCUT2D eigenvalue weighted by Gasteiger charge is -2.38. The van der Waals surface area contributed by atoms with Gasteiger partial charge in [-0.1, -0.05) is 26.0 Å². The molecule has 0 saturated carbocycles. The Balaban J connectivity index is 1.78. The Labute approximate surface area is 138 Å². The van der Waals surface area contributed by atoms with Gasteiger partial charge in [0.25, 0.3) is 0 Å². The van der Waals surface area contributed by atoms with Gasteiger partial charge in [0.15, 0.2) is 0 Å². The molecule has 23 heavy (non-hydrogen) atoms. The van der Waals surface area contributed by atoms with Crippen molar-refractivity contribution in [3.05, 3.63) is 41.7 Å². The van der Waals surface area contributed by atoms with Crippen LogP contribution in [-0.2, 0) is 4.79 Å². The van der Waals surface area contributed by atoms with E-state index in [9.17, 15) is 9.18 Å². The monoisotopic (exact) mass is 318 g/mol. The molecule has 0 bridgehead atoms. The Bertz CT molecular complexity index is 531. The van der Waals surface area contributed by atoms with Gasteiger partial charge >= 0.3 is 0 Å². The molecule has 126 valence electrons. The first-order chi connectivity index (χ1) is 10.9. The third-order valence-electron chi connectivity index (χ3n) is 4.39. The summed E-state index contributed by atoms with van der Waals surface area (Å²) in [4.78, 5) is 14.4. The lowest BCUT2D eigenvalue weighted by molar-refractivity contribution is -0.116. The van der Waals surface area contributed by atoms with Gasteiger partial charge < -0.3 is 5.32 Å². The van der Waals surface area contributed by atoms with E-state index in [4.69, 9.17) is 0 Å². The molecule has 4 heteroatoms. The van der Waals surface area contributed by atoms with Gasteiger partial charge in [0.2, 0.25) is 5.91 Å². The van der Waals surface area contributed by atoms with Gasteiger partial charge in [-0.15, -0.1) is 0 Å². The maximum Gasteiger partial charge on any atom is 0.244 e. The number of hydrogen-bond acceptors (Lipinski definition) is 2. The lowest BCUT2D eigenvalue weighted by Crippen LogP contribution is -2.48. The fraction of sp³-hybridized carbons (Fsp3) is 0.526. The highest BCUT2D eigenvalue weighted by Crippen LogP contribution is 2.22. The quantitative estimate of drug-likeness (QED) is 0.845. The topological polar surface area (TPSA) is 32.3 Å². The van der Waals surface area contributed by atoms with Gasteiger partial charge in [-0.25, -0.2) is 4.39 Å². The number of amides is 1. The van der Waals surface area contributed by atoms with E-state index in [2.05, 4.69) is 31.0 Å². The molecule has 0 radical (unpaired) electrons. The summed E-state index contributed by atoms with van der Waals surface area (Å²) in [5.74, 6) is 1.05. The van der Waals surface area contributed by atoms with E-state index < -0.39 is 0 Å². The average Bonchev–Trinajstić information content (AvgIpc) is 2.51. The molecule has 1 N–H and O–H groups in total. The smallest absolute Gasteiger partial charge is 0.244 e. The fourth-order valence-corrected chi connectivity index (χ4v) is 3.25. The molecule has 1 amide bonds. The number of benzene rings is 1. The molecule has 1 aliphatic heterocycles. The van der Waals surface area contributed by atoms with Crippen molar-refractivity contribution < 1.29 is 9.18 Å². The molecule has 0 aromatic heterocycles. The van der Waals surface area contributed by atoms with Crippen molar-refractivity contribution in [2.24, 2.45) is 11.8 Å². The SMILES string of the molecule is C[C@@H]1C[C@H](C)CN([C@H](C)CNC(=O)/C=C/c2ccc(F)cc2)C1. The molecule has 0 aliphatic carbocycles. The minimum absolute atomic E-state index is 0.112. The Morgan fingerprint density at radius 2 is 1.91 bits per heavy atom. The first kappa shape index (κ1) is 17.7. The van der Waals surface area contributed by atoms with E-state index in [1.54, 1.807) is 18.2 Å². The minimum atomic E-state index is -0.273. The third kappa shape index (κ3) is 5.79. The average molecular weight is 318 g/mol. The molecule has 3 nitrogen and oxygen atoms in total. The van der Waals surface area contributed by atoms with Crippen molar-refractivity contribution in [1.82, 2.24) is 10.2 Å². The van der Waals surface area contributed by atoms with Crippen LogP contribution in [0.1, 0.15) is 32.8 Å². The zero-order valence-electron chi connectivity index (χ0n) is 14.3. The van der Waals surface area contributed by atoms with Crippen molar-refractivity contribution in [3.63, 3.8) is 0 Å². The number of carbonyl (C=O) groups is 1. The van der Waals surface area contributed by atoms with E-state index in [-0.39, 0.29) is 11.7 Å². The fourth-order valence-electron chi connectivity index (χ4n) is 3.25. The van der Waals surface area contributed by atoms with Crippen LogP contribution in [0.15, 0.2) is 30.3 Å². The van der Waals surface area contributed by atoms with Crippen LogP contribution in [0.4, 0.5) is 4.39 Å². The number of piperidine rings is 1. The Kier molecular flexibility index (Phi) is 6.34. The van der Waals surface area contributed by atoms with Crippen LogP contribution in [0.3, 0.4) is 0 Å². The maximum atomic E-state index is 12.8. The van der Waals surface area contributed by atoms with Gasteiger partial charge in [-0.05, 0) is 49.0 Å². The number of nitrogens with one attached hydrogen (secondary N) is 1. The zero-order valence-corrected chi connectivity index (χ0v) is 14.3. The summed E-state index contributed by atoms with van der Waals surface area (Å²) in [6.07, 6.45) is 4.49. The molecule has 1 heterocycles. The second kappa shape index (κ2) is 8.25. The van der Waals surface area contributed by atoms with Crippen LogP contribution in [0.5, 0.6) is 0 Å². The lowest BCUT2D eigenvalue weighted by atomic mass is 9.91. The number of rotatable bonds is 5. The summed E-state index contributed by atoms with van der Waals surface area (Å²) < 4.78 is 12.8. The van der Waals surface area contributed by atoms with Crippen molar-refractivity contribution in [3.8, 4) is 0 Å². The predicted octanol–water partition coefficient (Wildman–Crippen LogP) is 3.32. The number of halogens is 1. The highest BCUT2D eigenvalue weighted by Gasteiger charge is 2.25. The Hall–Kier alpha value is -1.68. The van der Waals surface area contributed by atoms with Crippen LogP contribution >= 0.6 is 0 Å². The second-order valence-corrected chi connectivity index (χ2v) is 6.88. The standard InChI is InChI=1S/C19H27FN2O/c1-14-10-15(2)13-22(12-14)16(3)11-21-19(23)9-6-17-4-7-18(20)8-5-17/h4-9,14-16H,10-13H2,1-3H3,(H,21,23)/b9-6+/t14-,15+,16-/m1/s1. The second-order valence-electron chi connectivity index (χ2n) is 6.88. The molecule has 1 aromatic carbocycles. The number of hydrogen-bond donors (Lipinski definition) is 1. The molecule has 1 saturated heterocycles. The van der Waals surface area contributed by atoms with Crippen LogP contribution in [0, 0.1) is 17.7 Å². The van der Waals surface area contributed by atoms with E-state index in [0.29, 0.717) is 12.6 Å². The van der Waals surface area contributed by atoms with Crippen LogP contribution in [-0.4, -0.2) is 36.5 Å². The summed E-state index contributed by atoms with van der Waals surface area (Å²) in [7, 11) is 0. The maximum absolute atomic E-state index is 12.8. The first-order valence-corrected chi connectivity index (χ1v) is 8.39. The zero-order chi connectivity index (χ0) is 16.8. The summed E-state index contributed by atoms with van der Waals surface area (Å²) in [5, 5.41) is 2.95. The molecule has 0 spiro atoms. The summed E-state index contributed by atoms with van der Waals surface area (Å²) in [6.45, 7) is 9.60. The van der Waals surface area contributed by atoms with Crippen molar-refractivity contribution in [2.45, 2.75) is 33.2 Å². The van der Waals surface area contributed by atoms with Gasteiger partial charge in [0, 0.05) is 31.8 Å². The van der Waals surface area contributed by atoms with E-state index in [1.165, 1.54) is 24.6 Å². The van der Waals surface area contributed by atoms with Crippen LogP contribution in [0.25, 0.3) is 6.08 Å². The van der Waals surface area contributed by atoms with E-state index in [0.717, 1.165) is 30.5 Å². The van der Waals surface area contributed by atoms with Crippen LogP contribution in [0.2, 0.25) is 0 Å². The Morgan fingerprint density at radius 1 is 1.30 bits per heavy atom. The van der Waals surface area contributed by atoms with Crippen molar-refractivity contribution in [2.75, 3.05) is 19.6 Å². The van der Waals surface area contributed by atoms with Crippen molar-refractivity contribution in [1.29, 1.82) is 0 Å². The number of likely N-dealkylation sites (tertiary alicyclic amines) is 1. The number of nitrogens with zero attached hydrogens (tertiary/aromatic N) is 1. The predicted molar refractivity (Wildman–Crippen MR) is 92.4 cm³/mol. The summed E-state index contributed by atoms with van der Waals surface area (Å²) >= 11 is 0. The molecule has 1 fully saturated rings. The van der Waals surface area contributed by atoms with Gasteiger partial charge in [-0.2, -0.15) is 0 Å². The highest BCUT2D eigenvalue weighted by molar-refractivity contribution is 5.91. The molecule has 3 atom stereocenters. The van der Waals surface area contributed by atoms with Crippen LogP contribution < -0.4 is 5.32 Å². The summed E-state index contributed by atoms with van der Waals surface area (Å²) in [5.41, 5.74) is 0.813. The molecule has 2 rings (SSSR count). The van der Waals surface area contributed by atoms with E-state index >= 15 is 0 Å². The molecular formula is C19H27FN2O. The van der Waals surface area contributed by atoms with Gasteiger partial charge in [0.05, 0.1) is 0 Å². The first-order valence-electron chi connectivity index (χ1n) is 8.39. The largest absolute Gasteiger partial charge is 0.351 e. The highest BCUT2D eigenvalue weighted by atomic mass is 19.1. The summed E-state index contributed by atoms with van der Waals surface area (Å²) in [6, 6.07) is 6.41. The van der Waals surface area contributed by atoms with Gasteiger partial charge in [0.1, 0.15) is 5.82 Å². The molecule has 1 aromatic rings. The normalized spacial score (nSPS) is 23.8. The van der Waals surface area contributed by atoms with E-state index in [1.807, 2.05) is 0 Å². The third-order valence-corrected chi connectivity index (χ3v) is 4.39. The number of carbonyl (C=O) groups excluding carboxylic acids is 1. The molecule has 1 aliphatic rings. The minimum Gasteiger partial charge on any atom is -0.351 e. The van der Waals surface area contributed by atoms with Gasteiger partial charge in [-0.3, -0.25) is 9.69 Å². The Morgan fingerprint density at radius 3 is 2.52 bits per heavy atom. The van der Waals surface area contributed by atoms with Crippen molar-refractivity contribution >= 4 is 12.0 Å². The molecular weight excluding hydrogens is 291 g/mol. The molecule has 0 unspecified atom stereocenters.